The molecule has 0 spiro atoms. The predicted molar refractivity (Wildman–Crippen MR) is 63.9 cm³/mol. The van der Waals surface area contributed by atoms with Gasteiger partial charge in [-0.05, 0) is 12.8 Å². The Balaban J connectivity index is 0.000000606. The van der Waals surface area contributed by atoms with E-state index >= 15 is 0 Å². The molecule has 90 valence electrons. The Morgan fingerprint density at radius 3 is 2.62 bits per heavy atom. The number of halogens is 1. The highest BCUT2D eigenvalue weighted by atomic mass is 35.5. The summed E-state index contributed by atoms with van der Waals surface area (Å²) in [7, 11) is 0. The van der Waals surface area contributed by atoms with Crippen molar-refractivity contribution in [2.75, 3.05) is 13.2 Å². The molecule has 0 unspecified atom stereocenters. The Kier molecular flexibility index (Phi) is 5.49. The van der Waals surface area contributed by atoms with Crippen LogP contribution in [0.4, 0.5) is 0 Å². The van der Waals surface area contributed by atoms with E-state index in [0.29, 0.717) is 18.2 Å². The molecule has 1 aromatic rings. The largest absolute Gasteiger partial charge is 0.381 e. The van der Waals surface area contributed by atoms with Crippen molar-refractivity contribution in [3.05, 3.63) is 27.6 Å². The van der Waals surface area contributed by atoms with Gasteiger partial charge in [0.1, 0.15) is 0 Å². The highest BCUT2D eigenvalue weighted by Gasteiger charge is 2.17. The van der Waals surface area contributed by atoms with Gasteiger partial charge in [-0.1, -0.05) is 25.4 Å². The Morgan fingerprint density at radius 2 is 2.06 bits per heavy atom. The van der Waals surface area contributed by atoms with Crippen LogP contribution in [-0.2, 0) is 4.74 Å². The van der Waals surface area contributed by atoms with Crippen LogP contribution < -0.4 is 5.56 Å². The zero-order valence-corrected chi connectivity index (χ0v) is 10.4. The van der Waals surface area contributed by atoms with E-state index in [4.69, 9.17) is 16.3 Å². The van der Waals surface area contributed by atoms with Gasteiger partial charge in [0.2, 0.25) is 0 Å². The second kappa shape index (κ2) is 6.66. The van der Waals surface area contributed by atoms with Crippen LogP contribution >= 0.6 is 11.6 Å². The van der Waals surface area contributed by atoms with Crippen LogP contribution in [-0.4, -0.2) is 23.0 Å². The molecule has 0 bridgehead atoms. The van der Waals surface area contributed by atoms with Crippen LogP contribution in [0.15, 0.2) is 17.1 Å². The van der Waals surface area contributed by atoms with Crippen molar-refractivity contribution in [1.29, 1.82) is 0 Å². The van der Waals surface area contributed by atoms with Crippen molar-refractivity contribution >= 4 is 11.6 Å². The van der Waals surface area contributed by atoms with Gasteiger partial charge < -0.3 is 4.74 Å². The van der Waals surface area contributed by atoms with Crippen LogP contribution in [0.2, 0.25) is 5.02 Å². The summed E-state index contributed by atoms with van der Waals surface area (Å²) in [5, 5.41) is 4.41. The number of ether oxygens (including phenoxy) is 1. The maximum absolute atomic E-state index is 11.5. The average Bonchev–Trinajstić information content (AvgIpc) is 2.33. The lowest BCUT2D eigenvalue weighted by atomic mass is 10.1. The first-order valence-corrected chi connectivity index (χ1v) is 5.97. The minimum Gasteiger partial charge on any atom is -0.381 e. The van der Waals surface area contributed by atoms with Gasteiger partial charge in [-0.3, -0.25) is 4.79 Å². The minimum absolute atomic E-state index is 0.135. The van der Waals surface area contributed by atoms with Gasteiger partial charge in [0.05, 0.1) is 17.3 Å². The third kappa shape index (κ3) is 3.32. The lowest BCUT2D eigenvalue weighted by Crippen LogP contribution is -2.30. The SMILES string of the molecule is CC.O=c1cc(Cl)cnn1C1CCOCC1. The first kappa shape index (κ1) is 13.2. The van der Waals surface area contributed by atoms with Gasteiger partial charge in [0.15, 0.2) is 0 Å². The normalized spacial score (nSPS) is 16.4. The summed E-state index contributed by atoms with van der Waals surface area (Å²) in [6.45, 7) is 5.39. The van der Waals surface area contributed by atoms with Crippen LogP contribution in [0.5, 0.6) is 0 Å². The van der Waals surface area contributed by atoms with Crippen LogP contribution in [0.1, 0.15) is 32.7 Å². The molecule has 1 aromatic heterocycles. The summed E-state index contributed by atoms with van der Waals surface area (Å²) in [5.74, 6) is 0. The highest BCUT2D eigenvalue weighted by Crippen LogP contribution is 2.17. The molecule has 1 aliphatic heterocycles. The van der Waals surface area contributed by atoms with E-state index in [1.54, 1.807) is 0 Å². The summed E-state index contributed by atoms with van der Waals surface area (Å²) < 4.78 is 6.71. The maximum atomic E-state index is 11.5. The smallest absolute Gasteiger partial charge is 0.268 e. The third-order valence-corrected chi connectivity index (χ3v) is 2.54. The van der Waals surface area contributed by atoms with Crippen LogP contribution in [0.3, 0.4) is 0 Å². The van der Waals surface area contributed by atoms with Gasteiger partial charge in [-0.2, -0.15) is 5.10 Å². The van der Waals surface area contributed by atoms with Gasteiger partial charge in [0, 0.05) is 19.3 Å². The molecule has 0 aliphatic carbocycles. The van der Waals surface area contributed by atoms with Crippen LogP contribution in [0, 0.1) is 0 Å². The van der Waals surface area contributed by atoms with E-state index in [0.717, 1.165) is 12.8 Å². The van der Waals surface area contributed by atoms with Gasteiger partial charge >= 0.3 is 0 Å². The first-order valence-electron chi connectivity index (χ1n) is 5.59. The fourth-order valence-electron chi connectivity index (χ4n) is 1.60. The Morgan fingerprint density at radius 1 is 1.44 bits per heavy atom. The molecule has 0 atom stereocenters. The molecule has 16 heavy (non-hydrogen) atoms. The molecule has 0 saturated carbocycles. The fourth-order valence-corrected chi connectivity index (χ4v) is 1.74. The van der Waals surface area contributed by atoms with Crippen molar-refractivity contribution in [3.63, 3.8) is 0 Å². The standard InChI is InChI=1S/C9H11ClN2O2.C2H6/c10-7-5-9(13)12(11-6-7)8-1-3-14-4-2-8;1-2/h5-6,8H,1-4H2;1-2H3. The topological polar surface area (TPSA) is 44.1 Å². The minimum atomic E-state index is -0.135. The molecular weight excluding hydrogens is 228 g/mol. The van der Waals surface area contributed by atoms with E-state index in [9.17, 15) is 4.79 Å². The van der Waals surface area contributed by atoms with E-state index < -0.39 is 0 Å². The zero-order chi connectivity index (χ0) is 12.0. The number of hydrogen-bond acceptors (Lipinski definition) is 3. The summed E-state index contributed by atoms with van der Waals surface area (Å²) in [6.07, 6.45) is 3.18. The third-order valence-electron chi connectivity index (χ3n) is 2.33. The van der Waals surface area contributed by atoms with E-state index in [2.05, 4.69) is 5.10 Å². The molecule has 1 fully saturated rings. The summed E-state index contributed by atoms with van der Waals surface area (Å²) in [4.78, 5) is 11.5. The molecule has 1 aliphatic rings. The van der Waals surface area contributed by atoms with Crippen molar-refractivity contribution in [2.24, 2.45) is 0 Å². The van der Waals surface area contributed by atoms with Crippen LogP contribution in [0.25, 0.3) is 0 Å². The molecule has 2 rings (SSSR count). The lowest BCUT2D eigenvalue weighted by molar-refractivity contribution is 0.0648. The number of hydrogen-bond donors (Lipinski definition) is 0. The van der Waals surface area contributed by atoms with Crippen molar-refractivity contribution in [2.45, 2.75) is 32.7 Å². The van der Waals surface area contributed by atoms with Gasteiger partial charge in [0.25, 0.3) is 5.56 Å². The summed E-state index contributed by atoms with van der Waals surface area (Å²) in [6, 6.07) is 1.55. The molecule has 0 aromatic carbocycles. The lowest BCUT2D eigenvalue weighted by Gasteiger charge is -2.22. The van der Waals surface area contributed by atoms with Gasteiger partial charge in [-0.15, -0.1) is 0 Å². The Bertz CT molecular complexity index is 372. The number of nitrogens with zero attached hydrogens (tertiary/aromatic N) is 2. The zero-order valence-electron chi connectivity index (χ0n) is 9.65. The Labute approximate surface area is 100 Å². The molecule has 2 heterocycles. The van der Waals surface area contributed by atoms with E-state index in [-0.39, 0.29) is 11.6 Å². The molecule has 1 saturated heterocycles. The first-order chi connectivity index (χ1) is 7.77. The van der Waals surface area contributed by atoms with Crippen molar-refractivity contribution in [1.82, 2.24) is 9.78 Å². The summed E-state index contributed by atoms with van der Waals surface area (Å²) in [5.41, 5.74) is -0.135. The molecule has 4 nitrogen and oxygen atoms in total. The molecular formula is C11H17ClN2O2. The second-order valence-electron chi connectivity index (χ2n) is 3.30. The van der Waals surface area contributed by atoms with Crippen molar-refractivity contribution < 1.29 is 4.74 Å². The van der Waals surface area contributed by atoms with E-state index in [1.165, 1.54) is 16.9 Å². The molecule has 5 heteroatoms. The molecule has 0 N–H and O–H groups in total. The average molecular weight is 245 g/mol. The summed E-state index contributed by atoms with van der Waals surface area (Å²) >= 11 is 5.66. The second-order valence-corrected chi connectivity index (χ2v) is 3.74. The highest BCUT2D eigenvalue weighted by molar-refractivity contribution is 6.30. The molecule has 0 amide bonds. The quantitative estimate of drug-likeness (QED) is 0.761. The maximum Gasteiger partial charge on any atom is 0.268 e. The van der Waals surface area contributed by atoms with Crippen molar-refractivity contribution in [3.8, 4) is 0 Å². The van der Waals surface area contributed by atoms with E-state index in [1.807, 2.05) is 13.8 Å². The number of aromatic nitrogens is 2. The molecule has 0 radical (unpaired) electrons. The predicted octanol–water partition coefficient (Wildman–Crippen LogP) is 2.27. The Hall–Kier alpha value is -0.870. The number of rotatable bonds is 1. The van der Waals surface area contributed by atoms with Gasteiger partial charge in [-0.25, -0.2) is 4.68 Å². The monoisotopic (exact) mass is 244 g/mol. The fraction of sp³-hybridized carbons (Fsp3) is 0.636.